The molecule has 3 aliphatic rings. The van der Waals surface area contributed by atoms with Crippen molar-refractivity contribution < 1.29 is 14.4 Å². The maximum absolute atomic E-state index is 13.4. The zero-order valence-corrected chi connectivity index (χ0v) is 17.3. The third kappa shape index (κ3) is 3.89. The number of fused-ring (bicyclic) bond motifs is 1. The highest BCUT2D eigenvalue weighted by atomic mass is 16.2. The van der Waals surface area contributed by atoms with E-state index in [1.54, 1.807) is 11.8 Å². The number of rotatable bonds is 5. The lowest BCUT2D eigenvalue weighted by Crippen LogP contribution is -2.49. The molecule has 0 aromatic heterocycles. The van der Waals surface area contributed by atoms with Gasteiger partial charge in [0.05, 0.1) is 5.41 Å². The highest BCUT2D eigenvalue weighted by molar-refractivity contribution is 5.88. The van der Waals surface area contributed by atoms with E-state index in [9.17, 15) is 14.4 Å². The van der Waals surface area contributed by atoms with Crippen molar-refractivity contribution in [1.29, 1.82) is 0 Å². The summed E-state index contributed by atoms with van der Waals surface area (Å²) in [4.78, 5) is 44.0. The normalized spacial score (nSPS) is 26.1. The first-order valence-electron chi connectivity index (χ1n) is 10.9. The van der Waals surface area contributed by atoms with Crippen LogP contribution in [0.1, 0.15) is 38.2 Å². The van der Waals surface area contributed by atoms with Crippen LogP contribution in [0.3, 0.4) is 0 Å². The predicted octanol–water partition coefficient (Wildman–Crippen LogP) is 1.94. The van der Waals surface area contributed by atoms with Crippen LogP contribution in [-0.4, -0.2) is 71.7 Å². The Morgan fingerprint density at radius 2 is 1.62 bits per heavy atom. The highest BCUT2D eigenvalue weighted by Crippen LogP contribution is 2.44. The van der Waals surface area contributed by atoms with Gasteiger partial charge >= 0.3 is 0 Å². The number of hydrogen-bond donors (Lipinski definition) is 0. The minimum atomic E-state index is -0.606. The lowest BCUT2D eigenvalue weighted by Gasteiger charge is -2.32. The number of aryl methyl sites for hydroxylation is 1. The first-order valence-corrected chi connectivity index (χ1v) is 10.9. The van der Waals surface area contributed by atoms with Crippen molar-refractivity contribution in [3.63, 3.8) is 0 Å². The summed E-state index contributed by atoms with van der Waals surface area (Å²) in [5.41, 5.74) is 0.641. The highest BCUT2D eigenvalue weighted by Gasteiger charge is 2.59. The maximum Gasteiger partial charge on any atom is 0.232 e. The number of amides is 3. The van der Waals surface area contributed by atoms with Gasteiger partial charge in [-0.25, -0.2) is 0 Å². The molecule has 0 radical (unpaired) electrons. The average molecular weight is 398 g/mol. The van der Waals surface area contributed by atoms with Gasteiger partial charge in [-0.1, -0.05) is 30.3 Å². The number of nitrogens with zero attached hydrogens (tertiary/aromatic N) is 3. The number of benzene rings is 1. The summed E-state index contributed by atoms with van der Waals surface area (Å²) >= 11 is 0. The van der Waals surface area contributed by atoms with E-state index in [0.29, 0.717) is 32.6 Å². The van der Waals surface area contributed by atoms with Gasteiger partial charge < -0.3 is 14.7 Å². The average Bonchev–Trinajstić information content (AvgIpc) is 3.43. The SMILES string of the molecule is CC(=O)N1C[C@H]2CN(C(=O)CCCc3ccccc3)C[C@@]2(C(=O)N2CCCC2)C1. The van der Waals surface area contributed by atoms with Crippen LogP contribution in [0.5, 0.6) is 0 Å². The van der Waals surface area contributed by atoms with Gasteiger partial charge in [-0.3, -0.25) is 14.4 Å². The fourth-order valence-electron chi connectivity index (χ4n) is 5.28. The first kappa shape index (κ1) is 19.9. The van der Waals surface area contributed by atoms with Crippen molar-refractivity contribution in [3.05, 3.63) is 35.9 Å². The molecule has 29 heavy (non-hydrogen) atoms. The molecule has 0 saturated carbocycles. The van der Waals surface area contributed by atoms with Crippen molar-refractivity contribution in [2.75, 3.05) is 39.3 Å². The largest absolute Gasteiger partial charge is 0.342 e. The van der Waals surface area contributed by atoms with E-state index in [0.717, 1.165) is 38.8 Å². The smallest absolute Gasteiger partial charge is 0.232 e. The molecule has 0 bridgehead atoms. The molecule has 0 unspecified atom stereocenters. The van der Waals surface area contributed by atoms with Gasteiger partial charge in [-0.15, -0.1) is 0 Å². The summed E-state index contributed by atoms with van der Waals surface area (Å²) in [6.45, 7) is 5.27. The molecular weight excluding hydrogens is 366 g/mol. The second-order valence-corrected chi connectivity index (χ2v) is 8.87. The van der Waals surface area contributed by atoms with E-state index in [1.807, 2.05) is 28.0 Å². The lowest BCUT2D eigenvalue weighted by atomic mass is 9.79. The fraction of sp³-hybridized carbons (Fsp3) is 0.609. The van der Waals surface area contributed by atoms with Crippen molar-refractivity contribution in [1.82, 2.24) is 14.7 Å². The summed E-state index contributed by atoms with van der Waals surface area (Å²) in [5, 5.41) is 0. The molecule has 156 valence electrons. The number of hydrogen-bond acceptors (Lipinski definition) is 3. The van der Waals surface area contributed by atoms with E-state index in [2.05, 4.69) is 12.1 Å². The van der Waals surface area contributed by atoms with Crippen LogP contribution in [0, 0.1) is 11.3 Å². The maximum atomic E-state index is 13.4. The molecule has 3 aliphatic heterocycles. The van der Waals surface area contributed by atoms with Gasteiger partial charge in [-0.2, -0.15) is 0 Å². The zero-order chi connectivity index (χ0) is 20.4. The molecule has 3 amide bonds. The summed E-state index contributed by atoms with van der Waals surface area (Å²) in [7, 11) is 0. The van der Waals surface area contributed by atoms with Crippen LogP contribution < -0.4 is 0 Å². The minimum Gasteiger partial charge on any atom is -0.342 e. The number of likely N-dealkylation sites (tertiary alicyclic amines) is 3. The molecule has 3 fully saturated rings. The Morgan fingerprint density at radius 1 is 0.966 bits per heavy atom. The topological polar surface area (TPSA) is 60.9 Å². The standard InChI is InChI=1S/C23H31N3O3/c1-18(27)25-14-20-15-26(21(28)11-7-10-19-8-3-2-4-9-19)17-23(20,16-25)22(29)24-12-5-6-13-24/h2-4,8-9,20H,5-7,10-17H2,1H3/t20-,23-/m0/s1. The molecule has 6 heteroatoms. The van der Waals surface area contributed by atoms with Crippen LogP contribution in [-0.2, 0) is 20.8 Å². The molecule has 0 aliphatic carbocycles. The van der Waals surface area contributed by atoms with E-state index >= 15 is 0 Å². The summed E-state index contributed by atoms with van der Waals surface area (Å²) in [5.74, 6) is 0.368. The molecule has 6 nitrogen and oxygen atoms in total. The molecule has 0 spiro atoms. The Bertz CT molecular complexity index is 775. The monoisotopic (exact) mass is 397 g/mol. The van der Waals surface area contributed by atoms with Crippen LogP contribution >= 0.6 is 0 Å². The third-order valence-electron chi connectivity index (χ3n) is 6.93. The zero-order valence-electron chi connectivity index (χ0n) is 17.3. The van der Waals surface area contributed by atoms with Crippen LogP contribution in [0.25, 0.3) is 0 Å². The minimum absolute atomic E-state index is 0.0220. The lowest BCUT2D eigenvalue weighted by molar-refractivity contribution is -0.142. The van der Waals surface area contributed by atoms with Crippen LogP contribution in [0.15, 0.2) is 30.3 Å². The van der Waals surface area contributed by atoms with Gasteiger partial charge in [0.2, 0.25) is 17.7 Å². The summed E-state index contributed by atoms with van der Waals surface area (Å²) in [6, 6.07) is 10.2. The second kappa shape index (κ2) is 8.17. The van der Waals surface area contributed by atoms with Gasteiger partial charge in [0, 0.05) is 58.5 Å². The molecule has 1 aromatic carbocycles. The fourth-order valence-corrected chi connectivity index (χ4v) is 5.28. The Hall–Kier alpha value is -2.37. The van der Waals surface area contributed by atoms with Crippen LogP contribution in [0.4, 0.5) is 0 Å². The van der Waals surface area contributed by atoms with E-state index in [1.165, 1.54) is 5.56 Å². The third-order valence-corrected chi connectivity index (χ3v) is 6.93. The molecule has 1 aromatic rings. The Morgan fingerprint density at radius 3 is 2.31 bits per heavy atom. The molecular formula is C23H31N3O3. The van der Waals surface area contributed by atoms with Crippen LogP contribution in [0.2, 0.25) is 0 Å². The van der Waals surface area contributed by atoms with E-state index < -0.39 is 5.41 Å². The predicted molar refractivity (Wildman–Crippen MR) is 110 cm³/mol. The van der Waals surface area contributed by atoms with Crippen molar-refractivity contribution in [2.45, 2.75) is 39.0 Å². The second-order valence-electron chi connectivity index (χ2n) is 8.87. The number of carbonyl (C=O) groups excluding carboxylic acids is 3. The van der Waals surface area contributed by atoms with Gasteiger partial charge in [0.25, 0.3) is 0 Å². The molecule has 4 rings (SSSR count). The Balaban J connectivity index is 1.41. The van der Waals surface area contributed by atoms with Gasteiger partial charge in [-0.05, 0) is 31.2 Å². The van der Waals surface area contributed by atoms with Gasteiger partial charge in [0.1, 0.15) is 0 Å². The van der Waals surface area contributed by atoms with E-state index in [4.69, 9.17) is 0 Å². The summed E-state index contributed by atoms with van der Waals surface area (Å²) in [6.07, 6.45) is 4.30. The van der Waals surface area contributed by atoms with Crippen molar-refractivity contribution >= 4 is 17.7 Å². The summed E-state index contributed by atoms with van der Waals surface area (Å²) < 4.78 is 0. The van der Waals surface area contributed by atoms with Gasteiger partial charge in [0.15, 0.2) is 0 Å². The Kier molecular flexibility index (Phi) is 5.61. The quantitative estimate of drug-likeness (QED) is 0.763. The molecule has 2 atom stereocenters. The Labute approximate surface area is 172 Å². The molecule has 3 saturated heterocycles. The molecule has 0 N–H and O–H groups in total. The van der Waals surface area contributed by atoms with E-state index in [-0.39, 0.29) is 23.6 Å². The first-order chi connectivity index (χ1) is 14.0. The van der Waals surface area contributed by atoms with Crippen molar-refractivity contribution in [3.8, 4) is 0 Å². The number of carbonyl (C=O) groups is 3. The molecule has 3 heterocycles. The van der Waals surface area contributed by atoms with Crippen molar-refractivity contribution in [2.24, 2.45) is 11.3 Å².